The number of esters is 1. The molecule has 0 aliphatic rings. The summed E-state index contributed by atoms with van der Waals surface area (Å²) in [6.45, 7) is -1.80. The fourth-order valence-electron chi connectivity index (χ4n) is 2.58. The Kier molecular flexibility index (Phi) is 6.23. The number of amides is 1. The molecular weight excluding hydrogens is 406 g/mol. The van der Waals surface area contributed by atoms with E-state index in [1.54, 1.807) is 31.2 Å². The average Bonchev–Trinajstić information content (AvgIpc) is 2.67. The van der Waals surface area contributed by atoms with Gasteiger partial charge in [-0.25, -0.2) is 4.79 Å². The van der Waals surface area contributed by atoms with Crippen LogP contribution in [0.5, 0.6) is 5.75 Å². The number of benzene rings is 2. The number of fused-ring (bicyclic) bond motifs is 1. The minimum atomic E-state index is -2.93. The van der Waals surface area contributed by atoms with Crippen LogP contribution in [0.15, 0.2) is 48.5 Å². The summed E-state index contributed by atoms with van der Waals surface area (Å²) in [5, 5.41) is 3.67. The Morgan fingerprint density at radius 3 is 2.55 bits per heavy atom. The Balaban J connectivity index is 1.60. The van der Waals surface area contributed by atoms with E-state index in [4.69, 9.17) is 16.3 Å². The molecule has 0 spiro atoms. The van der Waals surface area contributed by atoms with E-state index in [1.165, 1.54) is 24.3 Å². The smallest absolute Gasteiger partial charge is 0.387 e. The third-order valence-corrected chi connectivity index (χ3v) is 4.12. The molecule has 3 aromatic rings. The number of carbonyl (C=O) groups is 2. The molecule has 1 N–H and O–H groups in total. The average molecular weight is 421 g/mol. The number of alkyl halides is 2. The van der Waals surface area contributed by atoms with Crippen molar-refractivity contribution in [3.63, 3.8) is 0 Å². The molecule has 0 radical (unpaired) electrons. The van der Waals surface area contributed by atoms with Gasteiger partial charge in [-0.3, -0.25) is 9.78 Å². The van der Waals surface area contributed by atoms with Crippen molar-refractivity contribution in [1.29, 1.82) is 0 Å². The van der Waals surface area contributed by atoms with Crippen LogP contribution in [0.25, 0.3) is 10.9 Å². The minimum absolute atomic E-state index is 0.0381. The van der Waals surface area contributed by atoms with Crippen molar-refractivity contribution in [3.05, 3.63) is 64.8 Å². The molecule has 0 fully saturated rings. The molecular formula is C20H15ClF2N2O4. The summed E-state index contributed by atoms with van der Waals surface area (Å²) >= 11 is 5.96. The standard InChI is InChI=1S/C20H15ClF2N2O4/c1-11-16(9-12-8-13(21)2-7-17(12)24-11)19(27)28-10-18(26)25-14-3-5-15(6-4-14)29-20(22)23/h2-9,20H,10H2,1H3,(H,25,26). The van der Waals surface area contributed by atoms with E-state index in [-0.39, 0.29) is 11.3 Å². The second kappa shape index (κ2) is 8.83. The van der Waals surface area contributed by atoms with Crippen molar-refractivity contribution in [2.24, 2.45) is 0 Å². The van der Waals surface area contributed by atoms with Crippen LogP contribution in [-0.2, 0) is 9.53 Å². The van der Waals surface area contributed by atoms with Crippen LogP contribution < -0.4 is 10.1 Å². The number of nitrogens with zero attached hydrogens (tertiary/aromatic N) is 1. The van der Waals surface area contributed by atoms with E-state index in [0.717, 1.165) is 0 Å². The number of carbonyl (C=O) groups excluding carboxylic acids is 2. The zero-order valence-electron chi connectivity index (χ0n) is 15.1. The van der Waals surface area contributed by atoms with Gasteiger partial charge in [-0.05, 0) is 55.5 Å². The van der Waals surface area contributed by atoms with Gasteiger partial charge in [0.1, 0.15) is 5.75 Å². The molecule has 1 aromatic heterocycles. The summed E-state index contributed by atoms with van der Waals surface area (Å²) in [5.74, 6) is -1.33. The highest BCUT2D eigenvalue weighted by Gasteiger charge is 2.15. The number of nitrogens with one attached hydrogen (secondary N) is 1. The van der Waals surface area contributed by atoms with E-state index in [9.17, 15) is 18.4 Å². The van der Waals surface area contributed by atoms with Crippen LogP contribution >= 0.6 is 11.6 Å². The largest absolute Gasteiger partial charge is 0.452 e. The first kappa shape index (κ1) is 20.5. The Morgan fingerprint density at radius 1 is 1.14 bits per heavy atom. The third kappa shape index (κ3) is 5.39. The summed E-state index contributed by atoms with van der Waals surface area (Å²) in [6, 6.07) is 12.1. The lowest BCUT2D eigenvalue weighted by molar-refractivity contribution is -0.119. The van der Waals surface area contributed by atoms with Gasteiger partial charge in [0.25, 0.3) is 5.91 Å². The van der Waals surface area contributed by atoms with Crippen LogP contribution in [0.2, 0.25) is 5.02 Å². The number of ether oxygens (including phenoxy) is 2. The fraction of sp³-hybridized carbons (Fsp3) is 0.150. The van der Waals surface area contributed by atoms with Crippen molar-refractivity contribution in [2.45, 2.75) is 13.5 Å². The molecule has 6 nitrogen and oxygen atoms in total. The molecule has 29 heavy (non-hydrogen) atoms. The van der Waals surface area contributed by atoms with Gasteiger partial charge >= 0.3 is 12.6 Å². The molecule has 9 heteroatoms. The molecule has 3 rings (SSSR count). The van der Waals surface area contributed by atoms with Crippen molar-refractivity contribution < 1.29 is 27.8 Å². The molecule has 1 heterocycles. The van der Waals surface area contributed by atoms with Crippen molar-refractivity contribution in [1.82, 2.24) is 4.98 Å². The molecule has 150 valence electrons. The summed E-state index contributed by atoms with van der Waals surface area (Å²) < 4.78 is 33.5. The first-order valence-electron chi connectivity index (χ1n) is 8.40. The second-order valence-corrected chi connectivity index (χ2v) is 6.42. The lowest BCUT2D eigenvalue weighted by atomic mass is 10.1. The van der Waals surface area contributed by atoms with Gasteiger partial charge in [0, 0.05) is 16.1 Å². The zero-order chi connectivity index (χ0) is 21.0. The van der Waals surface area contributed by atoms with Gasteiger partial charge in [-0.1, -0.05) is 11.6 Å². The van der Waals surface area contributed by atoms with Gasteiger partial charge in [0.2, 0.25) is 0 Å². The SMILES string of the molecule is Cc1nc2ccc(Cl)cc2cc1C(=O)OCC(=O)Nc1ccc(OC(F)F)cc1. The highest BCUT2D eigenvalue weighted by atomic mass is 35.5. The topological polar surface area (TPSA) is 77.5 Å². The van der Waals surface area contributed by atoms with Gasteiger partial charge in [0.15, 0.2) is 6.61 Å². The van der Waals surface area contributed by atoms with E-state index in [0.29, 0.717) is 27.3 Å². The maximum atomic E-state index is 12.3. The highest BCUT2D eigenvalue weighted by molar-refractivity contribution is 6.31. The Hall–Kier alpha value is -3.26. The van der Waals surface area contributed by atoms with Gasteiger partial charge < -0.3 is 14.8 Å². The highest BCUT2D eigenvalue weighted by Crippen LogP contribution is 2.21. The first-order chi connectivity index (χ1) is 13.8. The van der Waals surface area contributed by atoms with E-state index in [2.05, 4.69) is 15.0 Å². The summed E-state index contributed by atoms with van der Waals surface area (Å²) in [5.41, 5.74) is 1.70. The van der Waals surface area contributed by atoms with Crippen LogP contribution in [0.4, 0.5) is 14.5 Å². The lowest BCUT2D eigenvalue weighted by Crippen LogP contribution is -2.21. The number of hydrogen-bond acceptors (Lipinski definition) is 5. The zero-order valence-corrected chi connectivity index (χ0v) is 15.9. The van der Waals surface area contributed by atoms with Crippen molar-refractivity contribution in [3.8, 4) is 5.75 Å². The predicted molar refractivity (Wildman–Crippen MR) is 103 cm³/mol. The van der Waals surface area contributed by atoms with Crippen LogP contribution in [0.3, 0.4) is 0 Å². The van der Waals surface area contributed by atoms with Crippen LogP contribution in [0, 0.1) is 6.92 Å². The number of aromatic nitrogens is 1. The Bertz CT molecular complexity index is 1060. The Morgan fingerprint density at radius 2 is 1.86 bits per heavy atom. The third-order valence-electron chi connectivity index (χ3n) is 3.88. The number of aryl methyl sites for hydroxylation is 1. The lowest BCUT2D eigenvalue weighted by Gasteiger charge is -2.10. The molecule has 0 saturated carbocycles. The van der Waals surface area contributed by atoms with Crippen molar-refractivity contribution in [2.75, 3.05) is 11.9 Å². The summed E-state index contributed by atoms with van der Waals surface area (Å²) in [6.07, 6.45) is 0. The van der Waals surface area contributed by atoms with Gasteiger partial charge in [0.05, 0.1) is 16.8 Å². The van der Waals surface area contributed by atoms with Gasteiger partial charge in [-0.15, -0.1) is 0 Å². The number of hydrogen-bond donors (Lipinski definition) is 1. The molecule has 0 atom stereocenters. The maximum absolute atomic E-state index is 12.3. The summed E-state index contributed by atoms with van der Waals surface area (Å²) in [7, 11) is 0. The first-order valence-corrected chi connectivity index (χ1v) is 8.78. The van der Waals surface area contributed by atoms with Crippen LogP contribution in [-0.4, -0.2) is 30.1 Å². The molecule has 0 saturated heterocycles. The van der Waals surface area contributed by atoms with E-state index >= 15 is 0 Å². The quantitative estimate of drug-likeness (QED) is 0.590. The molecule has 2 aromatic carbocycles. The van der Waals surface area contributed by atoms with E-state index in [1.807, 2.05) is 0 Å². The monoisotopic (exact) mass is 420 g/mol. The number of halogens is 3. The Labute approximate surface area is 169 Å². The number of anilines is 1. The van der Waals surface area contributed by atoms with E-state index < -0.39 is 25.1 Å². The van der Waals surface area contributed by atoms with Gasteiger partial charge in [-0.2, -0.15) is 8.78 Å². The maximum Gasteiger partial charge on any atom is 0.387 e. The van der Waals surface area contributed by atoms with Crippen LogP contribution in [0.1, 0.15) is 16.1 Å². The molecule has 0 aliphatic carbocycles. The van der Waals surface area contributed by atoms with Crippen molar-refractivity contribution >= 4 is 40.1 Å². The molecule has 0 aliphatic heterocycles. The minimum Gasteiger partial charge on any atom is -0.452 e. The fourth-order valence-corrected chi connectivity index (χ4v) is 2.76. The normalized spacial score (nSPS) is 10.8. The molecule has 1 amide bonds. The number of rotatable bonds is 6. The molecule has 0 unspecified atom stereocenters. The summed E-state index contributed by atoms with van der Waals surface area (Å²) in [4.78, 5) is 28.7. The molecule has 0 bridgehead atoms. The second-order valence-electron chi connectivity index (χ2n) is 5.99. The predicted octanol–water partition coefficient (Wildman–Crippen LogP) is 4.59. The number of pyridine rings is 1.